The number of likely N-dealkylation sites (tertiary alicyclic amines) is 1. The lowest BCUT2D eigenvalue weighted by Gasteiger charge is -2.36. The molecule has 0 N–H and O–H groups in total. The maximum Gasteiger partial charge on any atom is 0.237 e. The Kier molecular flexibility index (Phi) is 7.95. The Bertz CT molecular complexity index is 1020. The number of ether oxygens (including phenoxy) is 2. The average molecular weight is 486 g/mol. The van der Waals surface area contributed by atoms with Crippen LogP contribution in [0.4, 0.5) is 0 Å². The van der Waals surface area contributed by atoms with Gasteiger partial charge in [0.25, 0.3) is 0 Å². The van der Waals surface area contributed by atoms with Crippen molar-refractivity contribution in [1.82, 2.24) is 14.7 Å². The molecule has 8 heteroatoms. The molecule has 0 aliphatic carbocycles. The zero-order chi connectivity index (χ0) is 24.1. The maximum absolute atomic E-state index is 13.2. The second-order valence-electron chi connectivity index (χ2n) is 8.78. The number of carbonyl (C=O) groups is 2. The molecule has 34 heavy (non-hydrogen) atoms. The summed E-state index contributed by atoms with van der Waals surface area (Å²) < 4.78 is 10.9. The van der Waals surface area contributed by atoms with Crippen LogP contribution in [0.1, 0.15) is 30.0 Å². The molecule has 0 spiro atoms. The van der Waals surface area contributed by atoms with Crippen LogP contribution in [-0.2, 0) is 16.0 Å². The molecule has 0 bridgehead atoms. The molecule has 0 saturated carbocycles. The molecule has 1 atom stereocenters. The SMILES string of the molecule is COc1ccc(C2CCCN2C(=O)CN2CCN(C(=O)Cc3ccccc3Cl)CC2)c(OC)c1. The van der Waals surface area contributed by atoms with Crippen LogP contribution in [-0.4, -0.2) is 80.0 Å². The van der Waals surface area contributed by atoms with Crippen LogP contribution in [0.25, 0.3) is 0 Å². The lowest BCUT2D eigenvalue weighted by Crippen LogP contribution is -2.51. The number of halogens is 1. The number of carbonyl (C=O) groups excluding carboxylic acids is 2. The van der Waals surface area contributed by atoms with Gasteiger partial charge in [0.15, 0.2) is 0 Å². The minimum atomic E-state index is 0.00634. The van der Waals surface area contributed by atoms with Crippen molar-refractivity contribution in [3.8, 4) is 11.5 Å². The number of rotatable bonds is 7. The molecule has 1 unspecified atom stereocenters. The highest BCUT2D eigenvalue weighted by Crippen LogP contribution is 2.38. The summed E-state index contributed by atoms with van der Waals surface area (Å²) in [4.78, 5) is 31.9. The number of piperazine rings is 1. The predicted molar refractivity (Wildman–Crippen MR) is 131 cm³/mol. The number of benzene rings is 2. The van der Waals surface area contributed by atoms with Crippen molar-refractivity contribution >= 4 is 23.4 Å². The van der Waals surface area contributed by atoms with E-state index >= 15 is 0 Å². The molecule has 0 radical (unpaired) electrons. The predicted octanol–water partition coefficient (Wildman–Crippen LogP) is 3.41. The van der Waals surface area contributed by atoms with Gasteiger partial charge < -0.3 is 19.3 Å². The van der Waals surface area contributed by atoms with Gasteiger partial charge in [-0.1, -0.05) is 29.8 Å². The number of hydrogen-bond donors (Lipinski definition) is 0. The zero-order valence-corrected chi connectivity index (χ0v) is 20.6. The number of nitrogens with zero attached hydrogens (tertiary/aromatic N) is 3. The smallest absolute Gasteiger partial charge is 0.237 e. The van der Waals surface area contributed by atoms with E-state index < -0.39 is 0 Å². The maximum atomic E-state index is 13.2. The molecule has 2 aromatic rings. The monoisotopic (exact) mass is 485 g/mol. The number of hydrogen-bond acceptors (Lipinski definition) is 5. The van der Waals surface area contributed by atoms with Gasteiger partial charge in [0, 0.05) is 49.4 Å². The summed E-state index contributed by atoms with van der Waals surface area (Å²) in [6.45, 7) is 3.71. The zero-order valence-electron chi connectivity index (χ0n) is 19.8. The highest BCUT2D eigenvalue weighted by Gasteiger charge is 2.33. The normalized spacial score (nSPS) is 18.7. The molecule has 2 heterocycles. The molecule has 0 aromatic heterocycles. The quantitative estimate of drug-likeness (QED) is 0.601. The van der Waals surface area contributed by atoms with Crippen LogP contribution in [0, 0.1) is 0 Å². The second kappa shape index (κ2) is 11.1. The van der Waals surface area contributed by atoms with Crippen LogP contribution in [0.15, 0.2) is 42.5 Å². The first-order valence-electron chi connectivity index (χ1n) is 11.7. The average Bonchev–Trinajstić information content (AvgIpc) is 3.35. The van der Waals surface area contributed by atoms with E-state index in [1.54, 1.807) is 20.3 Å². The van der Waals surface area contributed by atoms with Gasteiger partial charge in [-0.2, -0.15) is 0 Å². The van der Waals surface area contributed by atoms with Crippen molar-refractivity contribution in [1.29, 1.82) is 0 Å². The van der Waals surface area contributed by atoms with E-state index in [2.05, 4.69) is 4.90 Å². The summed E-state index contributed by atoms with van der Waals surface area (Å²) in [5.41, 5.74) is 1.87. The Hall–Kier alpha value is -2.77. The van der Waals surface area contributed by atoms with Crippen molar-refractivity contribution in [2.24, 2.45) is 0 Å². The van der Waals surface area contributed by atoms with E-state index in [1.165, 1.54) is 0 Å². The number of amides is 2. The van der Waals surface area contributed by atoms with Gasteiger partial charge in [-0.25, -0.2) is 0 Å². The van der Waals surface area contributed by atoms with Crippen LogP contribution in [0.2, 0.25) is 5.02 Å². The summed E-state index contributed by atoms with van der Waals surface area (Å²) >= 11 is 6.20. The Morgan fingerprint density at radius 1 is 0.971 bits per heavy atom. The van der Waals surface area contributed by atoms with Crippen molar-refractivity contribution in [3.63, 3.8) is 0 Å². The van der Waals surface area contributed by atoms with Crippen LogP contribution >= 0.6 is 11.6 Å². The van der Waals surface area contributed by atoms with Crippen molar-refractivity contribution in [2.75, 3.05) is 53.5 Å². The molecular weight excluding hydrogens is 454 g/mol. The summed E-state index contributed by atoms with van der Waals surface area (Å²) in [6.07, 6.45) is 2.19. The molecule has 4 rings (SSSR count). The van der Waals surface area contributed by atoms with Gasteiger partial charge in [0.05, 0.1) is 33.2 Å². The van der Waals surface area contributed by atoms with Gasteiger partial charge in [-0.15, -0.1) is 0 Å². The Labute approximate surface area is 206 Å². The topological polar surface area (TPSA) is 62.3 Å². The fraction of sp³-hybridized carbons (Fsp3) is 0.462. The molecular formula is C26H32ClN3O4. The summed E-state index contributed by atoms with van der Waals surface area (Å²) in [5.74, 6) is 1.68. The fourth-order valence-corrected chi connectivity index (χ4v) is 5.04. The van der Waals surface area contributed by atoms with Crippen LogP contribution < -0.4 is 9.47 Å². The molecule has 2 amide bonds. The first kappa shape index (κ1) is 24.4. The minimum Gasteiger partial charge on any atom is -0.497 e. The van der Waals surface area contributed by atoms with Gasteiger partial charge in [-0.3, -0.25) is 14.5 Å². The van der Waals surface area contributed by atoms with E-state index in [0.717, 1.165) is 42.0 Å². The van der Waals surface area contributed by atoms with Crippen molar-refractivity contribution < 1.29 is 19.1 Å². The lowest BCUT2D eigenvalue weighted by atomic mass is 10.0. The van der Waals surface area contributed by atoms with E-state index in [1.807, 2.05) is 46.2 Å². The third-order valence-electron chi connectivity index (χ3n) is 6.76. The molecule has 2 aliphatic rings. The molecule has 2 aromatic carbocycles. The second-order valence-corrected chi connectivity index (χ2v) is 9.19. The van der Waals surface area contributed by atoms with Crippen LogP contribution in [0.3, 0.4) is 0 Å². The Morgan fingerprint density at radius 2 is 1.74 bits per heavy atom. The van der Waals surface area contributed by atoms with E-state index in [9.17, 15) is 9.59 Å². The van der Waals surface area contributed by atoms with Gasteiger partial charge in [-0.05, 0) is 36.6 Å². The molecule has 2 fully saturated rings. The lowest BCUT2D eigenvalue weighted by molar-refractivity contribution is -0.135. The highest BCUT2D eigenvalue weighted by molar-refractivity contribution is 6.31. The first-order valence-corrected chi connectivity index (χ1v) is 12.1. The molecule has 7 nitrogen and oxygen atoms in total. The van der Waals surface area contributed by atoms with Crippen LogP contribution in [0.5, 0.6) is 11.5 Å². The van der Waals surface area contributed by atoms with Gasteiger partial charge >= 0.3 is 0 Å². The standard InChI is InChI=1S/C26H32ClN3O4/c1-33-20-9-10-21(24(17-20)34-2)23-8-5-11-30(23)26(32)18-28-12-14-29(15-13-28)25(31)16-19-6-3-4-7-22(19)27/h3-4,6-7,9-10,17,23H,5,8,11-16,18H2,1-2H3. The van der Waals surface area contributed by atoms with E-state index in [4.69, 9.17) is 21.1 Å². The summed E-state index contributed by atoms with van der Waals surface area (Å²) in [5, 5.41) is 0.619. The minimum absolute atomic E-state index is 0.00634. The first-order chi connectivity index (χ1) is 16.5. The fourth-order valence-electron chi connectivity index (χ4n) is 4.84. The molecule has 2 saturated heterocycles. The van der Waals surface area contributed by atoms with E-state index in [0.29, 0.717) is 44.2 Å². The largest absolute Gasteiger partial charge is 0.497 e. The van der Waals surface area contributed by atoms with Gasteiger partial charge in [0.2, 0.25) is 11.8 Å². The highest BCUT2D eigenvalue weighted by atomic mass is 35.5. The number of methoxy groups -OCH3 is 2. The van der Waals surface area contributed by atoms with Crippen molar-refractivity contribution in [2.45, 2.75) is 25.3 Å². The third-order valence-corrected chi connectivity index (χ3v) is 7.12. The van der Waals surface area contributed by atoms with Crippen molar-refractivity contribution in [3.05, 3.63) is 58.6 Å². The summed E-state index contributed by atoms with van der Waals surface area (Å²) in [7, 11) is 3.27. The van der Waals surface area contributed by atoms with Gasteiger partial charge in [0.1, 0.15) is 11.5 Å². The third kappa shape index (κ3) is 5.47. The summed E-state index contributed by atoms with van der Waals surface area (Å²) in [6, 6.07) is 13.2. The molecule has 182 valence electrons. The Morgan fingerprint density at radius 3 is 2.44 bits per heavy atom. The molecule has 2 aliphatic heterocycles. The van der Waals surface area contributed by atoms with E-state index in [-0.39, 0.29) is 17.9 Å². The Balaban J connectivity index is 1.32.